The van der Waals surface area contributed by atoms with E-state index < -0.39 is 52.2 Å². The molecule has 1 saturated carbocycles. The van der Waals surface area contributed by atoms with E-state index in [4.69, 9.17) is 56.7 Å². The number of hydrogen-bond donors (Lipinski definition) is 5. The molecule has 2 aromatic carbocycles. The number of para-hydroxylation sites is 2. The number of carbonyl (C=O) groups is 10. The van der Waals surface area contributed by atoms with Crippen molar-refractivity contribution >= 4 is 233 Å². The van der Waals surface area contributed by atoms with Crippen LogP contribution >= 0.6 is 143 Å². The van der Waals surface area contributed by atoms with Crippen molar-refractivity contribution in [2.45, 2.75) is 233 Å². The van der Waals surface area contributed by atoms with Crippen LogP contribution in [0.1, 0.15) is 220 Å². The van der Waals surface area contributed by atoms with E-state index in [0.717, 1.165) is 199 Å². The molecule has 8 aliphatic carbocycles. The second-order valence-corrected chi connectivity index (χ2v) is 48.5. The molecule has 10 aromatic rings. The van der Waals surface area contributed by atoms with Gasteiger partial charge >= 0.3 is 71.9 Å². The average molecular weight is 2180 g/mol. The van der Waals surface area contributed by atoms with Gasteiger partial charge in [0.15, 0.2) is 11.0 Å². The zero-order chi connectivity index (χ0) is 101. The Bertz CT molecular complexity index is 5850. The number of hydrogen-bond acceptors (Lipinski definition) is 32. The largest absolute Gasteiger partial charge is 1.00 e. The first kappa shape index (κ1) is 120. The Morgan fingerprint density at radius 2 is 1.01 bits per heavy atom. The minimum Gasteiger partial charge on any atom is -0.870 e. The zero-order valence-corrected chi connectivity index (χ0v) is 90.5. The number of fused-ring (bicyclic) bond motifs is 10. The molecule has 3 saturated heterocycles. The number of ether oxygens (including phenoxy) is 10. The minimum atomic E-state index is -3.22. The first-order valence-electron chi connectivity index (χ1n) is 45.1. The summed E-state index contributed by atoms with van der Waals surface area (Å²) in [6.07, 6.45) is 32.8. The number of halogens is 5. The van der Waals surface area contributed by atoms with Gasteiger partial charge in [0.25, 0.3) is 11.6 Å². The van der Waals surface area contributed by atoms with Crippen LogP contribution in [0.2, 0.25) is 5.02 Å². The smallest absolute Gasteiger partial charge is 0.870 e. The van der Waals surface area contributed by atoms with Crippen LogP contribution in [-0.2, 0) is 158 Å². The van der Waals surface area contributed by atoms with Gasteiger partial charge in [-0.25, -0.2) is 29.0 Å². The van der Waals surface area contributed by atoms with Crippen molar-refractivity contribution in [2.75, 3.05) is 57.0 Å². The number of aromatic nitrogens is 2. The summed E-state index contributed by atoms with van der Waals surface area (Å²) in [6, 6.07) is 30.9. The van der Waals surface area contributed by atoms with E-state index in [9.17, 15) is 57.3 Å². The van der Waals surface area contributed by atoms with Gasteiger partial charge < -0.3 is 68.3 Å². The summed E-state index contributed by atoms with van der Waals surface area (Å²) in [5.74, 6) is -3.58. The second-order valence-electron chi connectivity index (χ2n) is 33.9. The number of methoxy groups -OCH3 is 2. The summed E-state index contributed by atoms with van der Waals surface area (Å²) < 4.78 is 58.4. The molecule has 42 heteroatoms. The number of thiophene rings is 6. The van der Waals surface area contributed by atoms with E-state index in [2.05, 4.69) is 98.0 Å². The number of allylic oxidation sites excluding steroid dienone is 2. The molecule has 8 aromatic heterocycles. The van der Waals surface area contributed by atoms with Gasteiger partial charge in [0.1, 0.15) is 55.0 Å². The average Bonchev–Trinajstić information content (AvgIpc) is 1.63. The molecule has 141 heavy (non-hydrogen) atoms. The number of carboxylic acids is 1. The molecule has 11 heterocycles. The van der Waals surface area contributed by atoms with Gasteiger partial charge in [0.05, 0.1) is 66.8 Å². The predicted molar refractivity (Wildman–Crippen MR) is 557 cm³/mol. The van der Waals surface area contributed by atoms with Crippen LogP contribution in [0.3, 0.4) is 0 Å². The topological polar surface area (TPSA) is 400 Å². The van der Waals surface area contributed by atoms with Gasteiger partial charge in [0, 0.05) is 110 Å². The van der Waals surface area contributed by atoms with Crippen LogP contribution in [-0.4, -0.2) is 144 Å². The Balaban J connectivity index is 0.000000211. The number of amides is 1. The number of esters is 6. The number of aromatic carboxylic acids is 1. The Morgan fingerprint density at radius 1 is 0.560 bits per heavy atom. The van der Waals surface area contributed by atoms with Crippen molar-refractivity contribution in [3.63, 3.8) is 0 Å². The molecule has 0 spiro atoms. The van der Waals surface area contributed by atoms with Gasteiger partial charge in [-0.2, -0.15) is 12.6 Å². The molecular formula is C99H115Cl5LiN4O24PS7. The van der Waals surface area contributed by atoms with Crippen LogP contribution in [0.15, 0.2) is 137 Å². The van der Waals surface area contributed by atoms with E-state index in [1.807, 2.05) is 99.6 Å². The number of nitrogens with zero attached hydrogens (tertiary/aromatic N) is 1. The number of anilines is 2. The second kappa shape index (κ2) is 59.4. The summed E-state index contributed by atoms with van der Waals surface area (Å²) in [6.45, 7) is 14.8. The standard InChI is InChI=1S/C14H15NO4S.C12H17NO2S.C12H10O.C10H8ClNS.C10H9NOS.C9H10O2S.C8H8O2S.C6H7ClO.C6H8O4.C5H8O.C4H8O2.C3H6O2S.Cl3OP.Li.H2O/c1-14(2)18-12(16)9(13(17)19-14)7-15-11-6-8-4-3-5-10(8)20-11;1-12(2,3)15-11(14)13-10-7-8-5-4-6-9(8)16-10;1-3-7-11(8-4-1)13-12-9-5-2-6-10-12;11-7-4-5-12-10-9(7)6-2-1-3-8(6)13-10;12-7-4-5-11-10-9(7)6-2-1-3-8(6)13-10;1-11-9(10)8-5-6-3-2-4-7(6)12-8;9-8(10)7-4-5-2-1-3-6(5)11-7;7-6-3-1-2-5(6)4-8;1-6(2)9-4(7)3-5(8)10-6;6-5-3-1-2-4-5;1-2-6-4-3-5-1;1-5-3(4)2-6;1-5(2,3)4;;/h6-7,15H,3-5H2,1-2H3;7H,4-6H2,1-3H3,(H,13,14);1-10H;4-5H,1-3H2;4-5H,1-3H2,(H,11,12);5H,2-4H2,1H3;4H,1-3H2,(H,9,10);4H,1-3H2;3H2,1-2H3;2*1-4H2;6H,2H2,1H3;;;1H2/q;;;;;;;;;;;;;+1;/p-1. The number of carboxylic acid groups (broad SMARTS) is 1. The number of benzene rings is 2. The molecule has 0 unspecified atom stereocenters. The van der Waals surface area contributed by atoms with E-state index in [1.54, 1.807) is 75.1 Å². The molecule has 28 nitrogen and oxygen atoms in total. The molecule has 758 valence electrons. The Morgan fingerprint density at radius 3 is 1.44 bits per heavy atom. The fraction of sp³-hybridized carbons (Fsp3) is 0.434. The van der Waals surface area contributed by atoms with Gasteiger partial charge in [-0.3, -0.25) is 38.6 Å². The number of Topliss-reactive ketones (excluding diaryl/α,β-unsaturated/α-hetero) is 1. The van der Waals surface area contributed by atoms with Crippen molar-refractivity contribution in [3.8, 4) is 11.5 Å². The number of cyclic esters (lactones) is 4. The Kier molecular flexibility index (Phi) is 50.4. The van der Waals surface area contributed by atoms with Gasteiger partial charge in [-0.1, -0.05) is 59.6 Å². The van der Waals surface area contributed by atoms with Crippen molar-refractivity contribution in [1.82, 2.24) is 9.97 Å². The maximum absolute atomic E-state index is 11.8. The number of aryl methyl sites for hydroxylation is 12. The maximum atomic E-state index is 11.8. The molecule has 4 fully saturated rings. The molecule has 0 radical (unpaired) electrons. The first-order valence-corrected chi connectivity index (χ1v) is 55.9. The molecule has 5 N–H and O–H groups in total. The van der Waals surface area contributed by atoms with Crippen molar-refractivity contribution in [1.29, 1.82) is 0 Å². The van der Waals surface area contributed by atoms with Crippen molar-refractivity contribution in [2.24, 2.45) is 0 Å². The van der Waals surface area contributed by atoms with Crippen LogP contribution in [0.25, 0.3) is 20.4 Å². The third-order valence-corrected chi connectivity index (χ3v) is 29.4. The van der Waals surface area contributed by atoms with Crippen LogP contribution in [0.4, 0.5) is 14.8 Å². The molecular weight excluding hydrogens is 2070 g/mol. The monoisotopic (exact) mass is 2180 g/mol. The SMILES string of the molecule is C1COCCO1.CC(C)(C)OC(=O)Nc1cc2c(s1)CCC2.CC1(C)OC(=O)C(=CNc2cc3c(s2)CCC3)C(=O)O1.CC1(C)OC(=O)CC(=O)O1.COC(=O)CS.COC(=O)c1cc2c(s1)CCC2.Clc1ccnc2sc3c(c12)CCC3.O=C(O)c1cc2c(s1)CCC2.O=C1CCCC1.O=CC1=C(Cl)CCC1.O=P(Cl)(Cl)Cl.O=c1cc[nH]c2sc3c(c12)CCC3.[Li+].[OH-].c1ccc(Oc2ccccc2)cc1. The van der Waals surface area contributed by atoms with Gasteiger partial charge in [-0.05, 0) is 290 Å². The number of ketones is 1. The minimum absolute atomic E-state index is 0. The van der Waals surface area contributed by atoms with Gasteiger partial charge in [0.2, 0.25) is 0 Å². The normalized spacial score (nSPS) is 16.1. The number of thiol groups is 1. The third kappa shape index (κ3) is 40.9. The molecule has 3 aliphatic heterocycles. The fourth-order valence-electron chi connectivity index (χ4n) is 15.1. The third-order valence-electron chi connectivity index (χ3n) is 21.2. The maximum Gasteiger partial charge on any atom is 1.00 e. The van der Waals surface area contributed by atoms with Crippen LogP contribution in [0, 0.1) is 0 Å². The zero-order valence-electron chi connectivity index (χ0n) is 80.0. The van der Waals surface area contributed by atoms with Crippen LogP contribution < -0.4 is 39.7 Å². The van der Waals surface area contributed by atoms with E-state index in [-0.39, 0.29) is 65.5 Å². The Labute approximate surface area is 885 Å². The van der Waals surface area contributed by atoms with Crippen molar-refractivity contribution < 1.29 is 129 Å². The first-order chi connectivity index (χ1) is 66.2. The van der Waals surface area contributed by atoms with E-state index in [0.29, 0.717) is 10.7 Å². The number of pyridine rings is 2. The van der Waals surface area contributed by atoms with Crippen molar-refractivity contribution in [3.05, 3.63) is 219 Å². The molecule has 1 amide bonds. The summed E-state index contributed by atoms with van der Waals surface area (Å²) in [7, 11) is 2.76. The number of rotatable bonds is 9. The quantitative estimate of drug-likeness (QED) is 0.0103. The van der Waals surface area contributed by atoms with Crippen LogP contribution in [0.5, 0.6) is 11.5 Å². The van der Waals surface area contributed by atoms with Gasteiger partial charge in [-0.15, -0.1) is 68.0 Å². The molecule has 0 atom stereocenters. The summed E-state index contributed by atoms with van der Waals surface area (Å²) in [4.78, 5) is 139. The Hall–Kier alpha value is -8.25. The fourth-order valence-corrected chi connectivity index (χ4v) is 22.9. The number of carbonyl (C=O) groups excluding carboxylic acids is 9. The van der Waals surface area contributed by atoms with E-state index >= 15 is 0 Å². The number of nitrogens with one attached hydrogen (secondary N) is 3. The number of aldehydes is 1. The number of aromatic amines is 1. The summed E-state index contributed by atoms with van der Waals surface area (Å²) >= 11 is 39.1. The van der Waals surface area contributed by atoms with E-state index in [1.165, 1.54) is 179 Å². The number of H-pyrrole nitrogens is 1. The summed E-state index contributed by atoms with van der Waals surface area (Å²) in [5, 5.41) is 16.8. The molecule has 11 aliphatic rings. The summed E-state index contributed by atoms with van der Waals surface area (Å²) in [5.41, 5.74) is 8.52. The molecule has 0 bridgehead atoms. The molecule has 21 rings (SSSR count). The predicted octanol–water partition coefficient (Wildman–Crippen LogP) is 21.9.